The van der Waals surface area contributed by atoms with Gasteiger partial charge in [-0.1, -0.05) is 11.6 Å². The van der Waals surface area contributed by atoms with E-state index in [2.05, 4.69) is 10.3 Å². The second-order valence-electron chi connectivity index (χ2n) is 4.86. The Labute approximate surface area is 122 Å². The van der Waals surface area contributed by atoms with E-state index in [-0.39, 0.29) is 5.91 Å². The van der Waals surface area contributed by atoms with Crippen LogP contribution in [0.5, 0.6) is 0 Å². The summed E-state index contributed by atoms with van der Waals surface area (Å²) in [7, 11) is 3.67. The summed E-state index contributed by atoms with van der Waals surface area (Å²) < 4.78 is 1.97. The van der Waals surface area contributed by atoms with Gasteiger partial charge in [-0.05, 0) is 25.2 Å². The average Bonchev–Trinajstić information content (AvgIpc) is 2.77. The van der Waals surface area contributed by atoms with E-state index in [1.165, 1.54) is 0 Å². The van der Waals surface area contributed by atoms with E-state index in [9.17, 15) is 4.79 Å². The average molecular weight is 291 g/mol. The third-order valence-electron chi connectivity index (χ3n) is 3.48. The zero-order valence-electron chi connectivity index (χ0n) is 11.4. The highest BCUT2D eigenvalue weighted by molar-refractivity contribution is 6.31. The van der Waals surface area contributed by atoms with Gasteiger partial charge >= 0.3 is 0 Å². The fourth-order valence-corrected chi connectivity index (χ4v) is 2.66. The summed E-state index contributed by atoms with van der Waals surface area (Å²) in [6, 6.07) is 5.37. The molecule has 0 aliphatic carbocycles. The van der Waals surface area contributed by atoms with Gasteiger partial charge in [-0.25, -0.2) is 4.98 Å². The predicted molar refractivity (Wildman–Crippen MR) is 77.1 cm³/mol. The van der Waals surface area contributed by atoms with Crippen LogP contribution >= 0.6 is 11.6 Å². The minimum absolute atomic E-state index is 0.0263. The Morgan fingerprint density at radius 1 is 1.45 bits per heavy atom. The maximum atomic E-state index is 12.4. The fourth-order valence-electron chi connectivity index (χ4n) is 2.49. The molecule has 0 saturated carbocycles. The van der Waals surface area contributed by atoms with E-state index in [0.717, 1.165) is 17.1 Å². The molecule has 5 nitrogen and oxygen atoms in total. The topological polar surface area (TPSA) is 50.2 Å². The molecule has 20 heavy (non-hydrogen) atoms. The lowest BCUT2D eigenvalue weighted by atomic mass is 10.1. The van der Waals surface area contributed by atoms with Crippen molar-refractivity contribution in [3.05, 3.63) is 46.5 Å². The van der Waals surface area contributed by atoms with Crippen LogP contribution in [0.4, 0.5) is 0 Å². The number of hydrogen-bond acceptors (Lipinski definition) is 3. The van der Waals surface area contributed by atoms with Crippen LogP contribution in [0.3, 0.4) is 0 Å². The summed E-state index contributed by atoms with van der Waals surface area (Å²) in [5.41, 5.74) is 3.41. The van der Waals surface area contributed by atoms with Crippen molar-refractivity contribution < 1.29 is 4.79 Å². The number of nitrogens with one attached hydrogen (secondary N) is 1. The number of fused-ring (bicyclic) bond motifs is 3. The molecule has 0 radical (unpaired) electrons. The van der Waals surface area contributed by atoms with Crippen LogP contribution in [0, 0.1) is 0 Å². The summed E-state index contributed by atoms with van der Waals surface area (Å²) in [5.74, 6) is -0.0263. The molecule has 0 atom stereocenters. The van der Waals surface area contributed by atoms with E-state index < -0.39 is 0 Å². The lowest BCUT2D eigenvalue weighted by Crippen LogP contribution is -2.25. The van der Waals surface area contributed by atoms with Crippen molar-refractivity contribution in [1.82, 2.24) is 19.8 Å². The first kappa shape index (κ1) is 13.1. The van der Waals surface area contributed by atoms with Gasteiger partial charge in [0.15, 0.2) is 0 Å². The number of benzene rings is 1. The molecule has 0 bridgehead atoms. The molecule has 1 N–H and O–H groups in total. The highest BCUT2D eigenvalue weighted by atomic mass is 35.5. The molecule has 2 heterocycles. The Morgan fingerprint density at radius 3 is 3.00 bits per heavy atom. The van der Waals surface area contributed by atoms with Gasteiger partial charge in [0.05, 0.1) is 35.5 Å². The van der Waals surface area contributed by atoms with Gasteiger partial charge in [-0.15, -0.1) is 0 Å². The van der Waals surface area contributed by atoms with Gasteiger partial charge in [0, 0.05) is 18.6 Å². The minimum Gasteiger partial charge on any atom is -0.336 e. The Morgan fingerprint density at radius 2 is 2.25 bits per heavy atom. The van der Waals surface area contributed by atoms with Crippen LogP contribution in [0.25, 0.3) is 5.69 Å². The summed E-state index contributed by atoms with van der Waals surface area (Å²) in [5, 5.41) is 3.66. The summed E-state index contributed by atoms with van der Waals surface area (Å²) >= 11 is 6.02. The van der Waals surface area contributed by atoms with Gasteiger partial charge in [0.1, 0.15) is 0 Å². The molecule has 1 aliphatic heterocycles. The molecule has 1 amide bonds. The molecule has 6 heteroatoms. The van der Waals surface area contributed by atoms with E-state index in [1.807, 2.05) is 17.7 Å². The normalized spacial score (nSPS) is 13.9. The first-order valence-electron chi connectivity index (χ1n) is 6.37. The first-order valence-corrected chi connectivity index (χ1v) is 6.74. The van der Waals surface area contributed by atoms with Gasteiger partial charge in [0.25, 0.3) is 5.91 Å². The third-order valence-corrected chi connectivity index (χ3v) is 3.71. The largest absolute Gasteiger partial charge is 0.336 e. The van der Waals surface area contributed by atoms with Crippen LogP contribution in [-0.4, -0.2) is 34.5 Å². The lowest BCUT2D eigenvalue weighted by Gasteiger charge is -2.14. The molecule has 0 fully saturated rings. The van der Waals surface area contributed by atoms with Crippen LogP contribution in [0.1, 0.15) is 21.7 Å². The predicted octanol–water partition coefficient (Wildman–Crippen LogP) is 1.83. The lowest BCUT2D eigenvalue weighted by molar-refractivity contribution is 0.0787. The molecule has 1 aromatic carbocycles. The van der Waals surface area contributed by atoms with Gasteiger partial charge in [-0.3, -0.25) is 4.79 Å². The first-order chi connectivity index (χ1) is 9.61. The molecule has 2 aromatic rings. The Hall–Kier alpha value is -1.85. The molecule has 3 rings (SSSR count). The van der Waals surface area contributed by atoms with E-state index in [4.69, 9.17) is 11.6 Å². The Bertz CT molecular complexity index is 680. The molecule has 1 aromatic heterocycles. The smallest absolute Gasteiger partial charge is 0.256 e. The maximum Gasteiger partial charge on any atom is 0.256 e. The van der Waals surface area contributed by atoms with Crippen molar-refractivity contribution >= 4 is 17.5 Å². The molecule has 104 valence electrons. The van der Waals surface area contributed by atoms with Crippen LogP contribution in [0.15, 0.2) is 24.5 Å². The summed E-state index contributed by atoms with van der Waals surface area (Å²) in [4.78, 5) is 18.6. The number of carbonyl (C=O) groups excluding carboxylic acids is 1. The van der Waals surface area contributed by atoms with E-state index in [1.54, 1.807) is 30.4 Å². The maximum absolute atomic E-state index is 12.4. The minimum atomic E-state index is -0.0263. The second-order valence-corrected chi connectivity index (χ2v) is 5.30. The number of amides is 1. The van der Waals surface area contributed by atoms with Gasteiger partial charge in [-0.2, -0.15) is 0 Å². The SMILES string of the molecule is CNCc1ncn2c1CN(C)C(=O)c1cc(Cl)ccc1-2. The number of nitrogens with zero attached hydrogens (tertiary/aromatic N) is 3. The van der Waals surface area contributed by atoms with Crippen molar-refractivity contribution in [1.29, 1.82) is 0 Å². The zero-order chi connectivity index (χ0) is 14.3. The molecule has 1 aliphatic rings. The van der Waals surface area contributed by atoms with Crippen LogP contribution in [-0.2, 0) is 13.1 Å². The number of aromatic nitrogens is 2. The fraction of sp³-hybridized carbons (Fsp3) is 0.286. The van der Waals surface area contributed by atoms with Gasteiger partial charge in [0.2, 0.25) is 0 Å². The van der Waals surface area contributed by atoms with E-state index in [0.29, 0.717) is 23.7 Å². The Balaban J connectivity index is 2.23. The van der Waals surface area contributed by atoms with Crippen molar-refractivity contribution in [3.63, 3.8) is 0 Å². The standard InChI is InChI=1S/C14H15ClN4O/c1-16-6-11-13-7-18(2)14(20)10-5-9(15)3-4-12(10)19(13)8-17-11/h3-5,8,16H,6-7H2,1-2H3. The second kappa shape index (κ2) is 4.92. The number of imidazole rings is 1. The summed E-state index contributed by atoms with van der Waals surface area (Å²) in [6.07, 6.45) is 1.77. The molecular weight excluding hydrogens is 276 g/mol. The zero-order valence-corrected chi connectivity index (χ0v) is 12.1. The number of hydrogen-bond donors (Lipinski definition) is 1. The quantitative estimate of drug-likeness (QED) is 0.918. The summed E-state index contributed by atoms with van der Waals surface area (Å²) in [6.45, 7) is 1.20. The monoisotopic (exact) mass is 290 g/mol. The molecule has 0 unspecified atom stereocenters. The molecule has 0 spiro atoms. The number of carbonyl (C=O) groups is 1. The van der Waals surface area contributed by atoms with Crippen molar-refractivity contribution in [2.75, 3.05) is 14.1 Å². The van der Waals surface area contributed by atoms with Crippen molar-refractivity contribution in [2.45, 2.75) is 13.1 Å². The Kier molecular flexibility index (Phi) is 3.23. The van der Waals surface area contributed by atoms with E-state index >= 15 is 0 Å². The highest BCUT2D eigenvalue weighted by Gasteiger charge is 2.25. The third kappa shape index (κ3) is 1.99. The van der Waals surface area contributed by atoms with Crippen molar-refractivity contribution in [2.24, 2.45) is 0 Å². The molecular formula is C14H15ClN4O. The number of halogens is 1. The van der Waals surface area contributed by atoms with Gasteiger partial charge < -0.3 is 14.8 Å². The van der Waals surface area contributed by atoms with Crippen LogP contribution in [0.2, 0.25) is 5.02 Å². The molecule has 0 saturated heterocycles. The number of rotatable bonds is 2. The van der Waals surface area contributed by atoms with Crippen LogP contribution < -0.4 is 5.32 Å². The highest BCUT2D eigenvalue weighted by Crippen LogP contribution is 2.27. The van der Waals surface area contributed by atoms with Crippen molar-refractivity contribution in [3.8, 4) is 5.69 Å².